The molecular weight excluding hydrogens is 446 g/mol. The monoisotopic (exact) mass is 475 g/mol. The quantitative estimate of drug-likeness (QED) is 0.192. The van der Waals surface area contributed by atoms with E-state index in [4.69, 9.17) is 14.4 Å². The Morgan fingerprint density at radius 3 is 2.37 bits per heavy atom. The zero-order valence-corrected chi connectivity index (χ0v) is 22.4. The zero-order chi connectivity index (χ0) is 24.6. The number of aryl methyl sites for hydroxylation is 4. The van der Waals surface area contributed by atoms with E-state index in [0.29, 0.717) is 5.71 Å². The lowest BCUT2D eigenvalue weighted by molar-refractivity contribution is 0.655. The average molecular weight is 476 g/mol. The molecule has 0 unspecified atom stereocenters. The Bertz CT molecular complexity index is 1830. The van der Waals surface area contributed by atoms with Gasteiger partial charge in [-0.25, -0.2) is 15.0 Å². The van der Waals surface area contributed by atoms with Gasteiger partial charge in [-0.15, -0.1) is 0 Å². The van der Waals surface area contributed by atoms with Crippen molar-refractivity contribution in [2.75, 3.05) is 0 Å². The Labute approximate surface area is 206 Å². The molecule has 3 aromatic heterocycles. The van der Waals surface area contributed by atoms with Crippen LogP contribution in [-0.4, -0.2) is 23.0 Å². The lowest BCUT2D eigenvalue weighted by Gasteiger charge is -2.24. The smallest absolute Gasteiger partial charge is 0.227 e. The van der Waals surface area contributed by atoms with Crippen molar-refractivity contribution >= 4 is 57.0 Å². The van der Waals surface area contributed by atoms with Crippen LogP contribution in [0.2, 0.25) is 19.6 Å². The van der Waals surface area contributed by atoms with Gasteiger partial charge in [0.2, 0.25) is 5.71 Å². The van der Waals surface area contributed by atoms with E-state index in [1.54, 1.807) is 6.20 Å². The Hall–Kier alpha value is -3.57. The molecule has 0 saturated carbocycles. The average Bonchev–Trinajstić information content (AvgIpc) is 3.18. The van der Waals surface area contributed by atoms with Crippen molar-refractivity contribution < 1.29 is 4.42 Å². The maximum atomic E-state index is 6.33. The highest BCUT2D eigenvalue weighted by Crippen LogP contribution is 2.40. The Morgan fingerprint density at radius 2 is 1.60 bits per heavy atom. The molecule has 0 atom stereocenters. The lowest BCUT2D eigenvalue weighted by Crippen LogP contribution is -2.41. The van der Waals surface area contributed by atoms with E-state index in [0.717, 1.165) is 44.3 Å². The zero-order valence-electron chi connectivity index (χ0n) is 21.4. The van der Waals surface area contributed by atoms with Crippen LogP contribution in [0, 0.1) is 27.7 Å². The fraction of sp³-hybridized carbons (Fsp3) is 0.233. The van der Waals surface area contributed by atoms with Crippen LogP contribution in [0.1, 0.15) is 22.5 Å². The number of furan rings is 1. The molecule has 0 aliphatic rings. The summed E-state index contributed by atoms with van der Waals surface area (Å²) in [5, 5.41) is 7.19. The van der Waals surface area contributed by atoms with E-state index in [9.17, 15) is 0 Å². The molecule has 0 aliphatic heterocycles. The van der Waals surface area contributed by atoms with Crippen LogP contribution in [0.5, 0.6) is 0 Å². The minimum atomic E-state index is -1.55. The summed E-state index contributed by atoms with van der Waals surface area (Å²) in [4.78, 5) is 14.4. The molecule has 0 radical (unpaired) electrons. The van der Waals surface area contributed by atoms with Gasteiger partial charge >= 0.3 is 0 Å². The molecule has 0 saturated heterocycles. The third-order valence-electron chi connectivity index (χ3n) is 7.14. The molecule has 0 N–H and O–H groups in total. The lowest BCUT2D eigenvalue weighted by atomic mass is 9.96. The van der Waals surface area contributed by atoms with E-state index in [1.807, 2.05) is 13.0 Å². The van der Waals surface area contributed by atoms with Crippen molar-refractivity contribution in [2.24, 2.45) is 0 Å². The van der Waals surface area contributed by atoms with Gasteiger partial charge in [0.05, 0.1) is 19.3 Å². The first-order valence-electron chi connectivity index (χ1n) is 12.1. The number of pyridine rings is 1. The molecule has 0 bridgehead atoms. The van der Waals surface area contributed by atoms with Gasteiger partial charge in [-0.3, -0.25) is 0 Å². The number of aromatic nitrogens is 3. The first-order valence-corrected chi connectivity index (χ1v) is 15.6. The standard InChI is InChI=1S/C30H29N3OSi/c1-16-10-12-23(28-24(16)21-9-8-14-31-30(21)34-28)26-22-13-11-20-15-17(2)29(35(5,6)7)18(3)25(20)27(22)33-19(4)32-26/h8-15H,1-7H3. The number of fused-ring (bicyclic) bond motifs is 6. The Morgan fingerprint density at radius 1 is 0.800 bits per heavy atom. The Balaban J connectivity index is 1.76. The summed E-state index contributed by atoms with van der Waals surface area (Å²) in [5.41, 5.74) is 8.31. The second-order valence-corrected chi connectivity index (χ2v) is 15.7. The van der Waals surface area contributed by atoms with Gasteiger partial charge in [0.25, 0.3) is 0 Å². The van der Waals surface area contributed by atoms with Gasteiger partial charge < -0.3 is 4.42 Å². The number of rotatable bonds is 2. The minimum Gasteiger partial charge on any atom is -0.437 e. The van der Waals surface area contributed by atoms with Crippen molar-refractivity contribution in [2.45, 2.75) is 47.3 Å². The van der Waals surface area contributed by atoms with Gasteiger partial charge in [-0.05, 0) is 68.5 Å². The summed E-state index contributed by atoms with van der Waals surface area (Å²) in [5.74, 6) is 0.762. The Kier molecular flexibility index (Phi) is 4.67. The first kappa shape index (κ1) is 21.9. The summed E-state index contributed by atoms with van der Waals surface area (Å²) in [6.07, 6.45) is 1.77. The third-order valence-corrected chi connectivity index (χ3v) is 9.41. The highest BCUT2D eigenvalue weighted by molar-refractivity contribution is 6.89. The maximum Gasteiger partial charge on any atom is 0.227 e. The van der Waals surface area contributed by atoms with Gasteiger partial charge in [0.1, 0.15) is 11.4 Å². The molecule has 3 aromatic carbocycles. The molecule has 0 amide bonds. The molecule has 5 heteroatoms. The summed E-state index contributed by atoms with van der Waals surface area (Å²) in [6.45, 7) is 15.9. The second-order valence-electron chi connectivity index (χ2n) is 10.7. The predicted molar refractivity (Wildman–Crippen MR) is 149 cm³/mol. The summed E-state index contributed by atoms with van der Waals surface area (Å²) in [7, 11) is -1.55. The van der Waals surface area contributed by atoms with Gasteiger partial charge in [0.15, 0.2) is 0 Å². The van der Waals surface area contributed by atoms with Gasteiger partial charge in [-0.1, -0.05) is 48.6 Å². The fourth-order valence-electron chi connectivity index (χ4n) is 5.99. The topological polar surface area (TPSA) is 51.8 Å². The molecule has 6 rings (SSSR count). The van der Waals surface area contributed by atoms with Crippen LogP contribution in [0.15, 0.2) is 53.1 Å². The number of hydrogen-bond donors (Lipinski definition) is 0. The van der Waals surface area contributed by atoms with E-state index in [1.165, 1.54) is 32.6 Å². The van der Waals surface area contributed by atoms with Crippen LogP contribution < -0.4 is 5.19 Å². The van der Waals surface area contributed by atoms with E-state index < -0.39 is 8.07 Å². The third kappa shape index (κ3) is 3.22. The van der Waals surface area contributed by atoms with Gasteiger partial charge in [0, 0.05) is 33.3 Å². The van der Waals surface area contributed by atoms with Crippen molar-refractivity contribution in [3.05, 3.63) is 71.2 Å². The number of benzene rings is 3. The van der Waals surface area contributed by atoms with Crippen molar-refractivity contribution in [1.29, 1.82) is 0 Å². The van der Waals surface area contributed by atoms with Gasteiger partial charge in [-0.2, -0.15) is 0 Å². The largest absolute Gasteiger partial charge is 0.437 e. The summed E-state index contributed by atoms with van der Waals surface area (Å²) in [6, 6.07) is 15.0. The van der Waals surface area contributed by atoms with Crippen LogP contribution in [0.25, 0.3) is 55.0 Å². The van der Waals surface area contributed by atoms with Crippen LogP contribution in [0.3, 0.4) is 0 Å². The SMILES string of the molecule is Cc1nc(-c2ccc(C)c3c2oc2ncccc23)c2ccc3cc(C)c([Si](C)(C)C)c(C)c3c2n1. The molecule has 0 fully saturated rings. The maximum absolute atomic E-state index is 6.33. The van der Waals surface area contributed by atoms with Crippen LogP contribution >= 0.6 is 0 Å². The van der Waals surface area contributed by atoms with E-state index in [-0.39, 0.29) is 0 Å². The highest BCUT2D eigenvalue weighted by atomic mass is 28.3. The van der Waals surface area contributed by atoms with Crippen molar-refractivity contribution in [3.8, 4) is 11.3 Å². The highest BCUT2D eigenvalue weighted by Gasteiger charge is 2.25. The normalized spacial score (nSPS) is 12.4. The summed E-state index contributed by atoms with van der Waals surface area (Å²) < 4.78 is 6.33. The second kappa shape index (κ2) is 7.46. The minimum absolute atomic E-state index is 0.657. The summed E-state index contributed by atoms with van der Waals surface area (Å²) >= 11 is 0. The van der Waals surface area contributed by atoms with Crippen molar-refractivity contribution in [1.82, 2.24) is 15.0 Å². The molecule has 3 heterocycles. The fourth-order valence-corrected chi connectivity index (χ4v) is 8.50. The van der Waals surface area contributed by atoms with Crippen LogP contribution in [-0.2, 0) is 0 Å². The predicted octanol–water partition coefficient (Wildman–Crippen LogP) is 7.52. The van der Waals surface area contributed by atoms with E-state index >= 15 is 0 Å². The molecule has 0 spiro atoms. The molecular formula is C30H29N3OSi. The van der Waals surface area contributed by atoms with E-state index in [2.05, 4.69) is 81.8 Å². The first-order chi connectivity index (χ1) is 16.6. The number of nitrogens with zero attached hydrogens (tertiary/aromatic N) is 3. The van der Waals surface area contributed by atoms with Crippen molar-refractivity contribution in [3.63, 3.8) is 0 Å². The molecule has 4 nitrogen and oxygen atoms in total. The molecule has 0 aliphatic carbocycles. The molecule has 35 heavy (non-hydrogen) atoms. The molecule has 174 valence electrons. The number of hydrogen-bond acceptors (Lipinski definition) is 4. The van der Waals surface area contributed by atoms with Crippen LogP contribution in [0.4, 0.5) is 0 Å². The molecule has 6 aromatic rings.